The first-order valence-corrected chi connectivity index (χ1v) is 18.7. The van der Waals surface area contributed by atoms with E-state index in [2.05, 4.69) is 171 Å². The van der Waals surface area contributed by atoms with Crippen LogP contribution in [-0.2, 0) is 10.8 Å². The third kappa shape index (κ3) is 4.45. The highest BCUT2D eigenvalue weighted by Crippen LogP contribution is 2.54. The fourth-order valence-electron chi connectivity index (χ4n) is 9.57. The lowest BCUT2D eigenvalue weighted by Gasteiger charge is -2.27. The standard InChI is InChI=1S/C49H39N3O/c1-48(2)40-17-8-5-12-33(40)35-21-20-28(25-42(35)48)38-26-43-39(34-13-6-9-18-41(34)49(43,3)4)27-44(38)50-31-23-29(22-30(24-31)47-51-52-47)32-15-11-16-37-36-14-7-10-19-45(36)53-46(32)37/h5-22,24-27,31,50H,23H2,1-4H3,(H,51,52). The molecule has 0 radical (unpaired) electrons. The van der Waals surface area contributed by atoms with E-state index in [1.807, 2.05) is 6.07 Å². The van der Waals surface area contributed by atoms with Gasteiger partial charge in [0, 0.05) is 50.0 Å². The topological polar surface area (TPSA) is 59.5 Å². The Labute approximate surface area is 309 Å². The summed E-state index contributed by atoms with van der Waals surface area (Å²) in [5.41, 5.74) is 22.7. The lowest BCUT2D eigenvalue weighted by atomic mass is 9.80. The van der Waals surface area contributed by atoms with Crippen molar-refractivity contribution in [2.75, 3.05) is 5.32 Å². The molecule has 0 saturated carbocycles. The summed E-state index contributed by atoms with van der Waals surface area (Å²) in [5, 5.41) is 10.8. The molecule has 256 valence electrons. The van der Waals surface area contributed by atoms with Crippen molar-refractivity contribution in [1.82, 2.24) is 5.43 Å². The maximum Gasteiger partial charge on any atom is 0.173 e. The predicted molar refractivity (Wildman–Crippen MR) is 219 cm³/mol. The number of nitrogens with zero attached hydrogens (tertiary/aromatic N) is 1. The van der Waals surface area contributed by atoms with Gasteiger partial charge in [0.1, 0.15) is 11.2 Å². The number of fused-ring (bicyclic) bond motifs is 9. The summed E-state index contributed by atoms with van der Waals surface area (Å²) in [6.07, 6.45) is 5.41. The van der Waals surface area contributed by atoms with E-state index in [1.54, 1.807) is 0 Å². The van der Waals surface area contributed by atoms with Crippen LogP contribution in [0.2, 0.25) is 0 Å². The van der Waals surface area contributed by atoms with E-state index in [1.165, 1.54) is 61.2 Å². The summed E-state index contributed by atoms with van der Waals surface area (Å²) < 4.78 is 6.53. The highest BCUT2D eigenvalue weighted by atomic mass is 16.3. The van der Waals surface area contributed by atoms with E-state index in [-0.39, 0.29) is 16.9 Å². The third-order valence-corrected chi connectivity index (χ3v) is 12.4. The summed E-state index contributed by atoms with van der Waals surface area (Å²) in [4.78, 5) is 0. The molecular formula is C49H39N3O. The molecule has 0 bridgehead atoms. The van der Waals surface area contributed by atoms with Gasteiger partial charge in [-0.3, -0.25) is 5.43 Å². The van der Waals surface area contributed by atoms with E-state index >= 15 is 0 Å². The molecule has 11 rings (SSSR count). The van der Waals surface area contributed by atoms with E-state index < -0.39 is 0 Å². The Balaban J connectivity index is 1.05. The average molecular weight is 686 g/mol. The summed E-state index contributed by atoms with van der Waals surface area (Å²) >= 11 is 0. The molecule has 7 aromatic rings. The Morgan fingerprint density at radius 1 is 0.623 bits per heavy atom. The summed E-state index contributed by atoms with van der Waals surface area (Å²) in [7, 11) is 0. The lowest BCUT2D eigenvalue weighted by Crippen LogP contribution is -2.22. The molecule has 0 spiro atoms. The highest BCUT2D eigenvalue weighted by Gasteiger charge is 2.38. The van der Waals surface area contributed by atoms with Crippen molar-refractivity contribution in [2.45, 2.75) is 51.0 Å². The Morgan fingerprint density at radius 2 is 1.26 bits per heavy atom. The van der Waals surface area contributed by atoms with Crippen LogP contribution in [0, 0.1) is 0 Å². The van der Waals surface area contributed by atoms with Crippen molar-refractivity contribution in [1.29, 1.82) is 0 Å². The van der Waals surface area contributed by atoms with Gasteiger partial charge in [-0.1, -0.05) is 131 Å². The molecular weight excluding hydrogens is 647 g/mol. The molecule has 1 unspecified atom stereocenters. The van der Waals surface area contributed by atoms with Crippen LogP contribution in [-0.4, -0.2) is 11.9 Å². The quantitative estimate of drug-likeness (QED) is 0.190. The maximum absolute atomic E-state index is 6.53. The fourth-order valence-corrected chi connectivity index (χ4v) is 9.57. The van der Waals surface area contributed by atoms with Crippen LogP contribution in [0.4, 0.5) is 5.69 Å². The van der Waals surface area contributed by atoms with Crippen molar-refractivity contribution in [3.63, 3.8) is 0 Å². The van der Waals surface area contributed by atoms with Crippen molar-refractivity contribution in [3.8, 4) is 33.4 Å². The molecule has 1 atom stereocenters. The van der Waals surface area contributed by atoms with Gasteiger partial charge in [0.25, 0.3) is 0 Å². The van der Waals surface area contributed by atoms with E-state index in [0.717, 1.165) is 51.0 Å². The number of anilines is 1. The van der Waals surface area contributed by atoms with Crippen molar-refractivity contribution in [2.24, 2.45) is 5.10 Å². The average Bonchev–Trinajstić information content (AvgIpc) is 3.88. The van der Waals surface area contributed by atoms with Gasteiger partial charge in [0.2, 0.25) is 0 Å². The first-order chi connectivity index (χ1) is 25.8. The van der Waals surface area contributed by atoms with Gasteiger partial charge in [-0.15, -0.1) is 0 Å². The molecule has 4 nitrogen and oxygen atoms in total. The second-order valence-electron chi connectivity index (χ2n) is 16.1. The molecule has 4 aliphatic rings. The van der Waals surface area contributed by atoms with Crippen molar-refractivity contribution < 1.29 is 4.42 Å². The lowest BCUT2D eigenvalue weighted by molar-refractivity contribution is 0.659. The van der Waals surface area contributed by atoms with Gasteiger partial charge < -0.3 is 9.73 Å². The minimum atomic E-state index is -0.111. The van der Waals surface area contributed by atoms with Gasteiger partial charge in [-0.25, -0.2) is 0 Å². The number of hydrogen-bond acceptors (Lipinski definition) is 4. The van der Waals surface area contributed by atoms with Crippen LogP contribution in [0.1, 0.15) is 61.9 Å². The van der Waals surface area contributed by atoms with Crippen LogP contribution >= 0.6 is 0 Å². The molecule has 2 heterocycles. The Kier molecular flexibility index (Phi) is 6.16. The first-order valence-electron chi connectivity index (χ1n) is 18.7. The van der Waals surface area contributed by atoms with Gasteiger partial charge in [-0.2, -0.15) is 5.10 Å². The normalized spacial score (nSPS) is 18.3. The molecule has 1 aromatic heterocycles. The van der Waals surface area contributed by atoms with Crippen LogP contribution in [0.15, 0.2) is 149 Å². The van der Waals surface area contributed by atoms with Gasteiger partial charge in [-0.05, 0) is 92.4 Å². The Bertz CT molecular complexity index is 2830. The zero-order valence-corrected chi connectivity index (χ0v) is 30.3. The zero-order valence-electron chi connectivity index (χ0n) is 30.3. The largest absolute Gasteiger partial charge is 0.455 e. The zero-order chi connectivity index (χ0) is 35.6. The number of hydrogen-bond donors (Lipinski definition) is 2. The Hall–Kier alpha value is -6.13. The number of hydrazone groups is 1. The third-order valence-electron chi connectivity index (χ3n) is 12.4. The number of para-hydroxylation sites is 2. The second kappa shape index (κ2) is 10.7. The smallest absolute Gasteiger partial charge is 0.173 e. The number of rotatable bonds is 5. The number of furan rings is 1. The number of benzene rings is 6. The van der Waals surface area contributed by atoms with Gasteiger partial charge in [0.05, 0.1) is 0 Å². The number of amidine groups is 1. The van der Waals surface area contributed by atoms with Gasteiger partial charge in [0.15, 0.2) is 5.84 Å². The Morgan fingerprint density at radius 3 is 2.04 bits per heavy atom. The molecule has 53 heavy (non-hydrogen) atoms. The van der Waals surface area contributed by atoms with Crippen LogP contribution < -0.4 is 10.7 Å². The van der Waals surface area contributed by atoms with E-state index in [0.29, 0.717) is 0 Å². The highest BCUT2D eigenvalue weighted by molar-refractivity contribution is 6.11. The predicted octanol–water partition coefficient (Wildman–Crippen LogP) is 12.0. The van der Waals surface area contributed by atoms with Crippen LogP contribution in [0.25, 0.3) is 60.9 Å². The van der Waals surface area contributed by atoms with Crippen molar-refractivity contribution >= 4 is 39.0 Å². The van der Waals surface area contributed by atoms with E-state index in [9.17, 15) is 0 Å². The molecule has 0 saturated heterocycles. The summed E-state index contributed by atoms with van der Waals surface area (Å²) in [5.74, 6) is 0.927. The minimum absolute atomic E-state index is 0.0197. The molecule has 0 amide bonds. The molecule has 6 aromatic carbocycles. The molecule has 3 aliphatic carbocycles. The van der Waals surface area contributed by atoms with Crippen LogP contribution in [0.3, 0.4) is 0 Å². The molecule has 2 N–H and O–H groups in total. The fraction of sp³-hybridized carbons (Fsp3) is 0.163. The maximum atomic E-state index is 6.53. The number of nitrogens with one attached hydrogen (secondary N) is 2. The SMILES string of the molecule is CC1(C)c2ccccc2-c2ccc(-c3cc4c(cc3NC3C=C(C5=NN5)C=C(c5cccc6c5oc5ccccc56)C3)-c3ccccc3C4(C)C)cc21. The van der Waals surface area contributed by atoms with Crippen molar-refractivity contribution in [3.05, 3.63) is 167 Å². The molecule has 4 heteroatoms. The minimum Gasteiger partial charge on any atom is -0.455 e. The molecule has 0 fully saturated rings. The molecule has 1 aliphatic heterocycles. The summed E-state index contributed by atoms with van der Waals surface area (Å²) in [6.45, 7) is 9.46. The first kappa shape index (κ1) is 30.5. The van der Waals surface area contributed by atoms with E-state index in [4.69, 9.17) is 4.42 Å². The second-order valence-corrected chi connectivity index (χ2v) is 16.1. The summed E-state index contributed by atoms with van der Waals surface area (Å²) in [6, 6.07) is 44.7. The van der Waals surface area contributed by atoms with Gasteiger partial charge >= 0.3 is 0 Å². The monoisotopic (exact) mass is 685 g/mol. The van der Waals surface area contributed by atoms with Crippen LogP contribution in [0.5, 0.6) is 0 Å².